The van der Waals surface area contributed by atoms with Crippen LogP contribution in [0.25, 0.3) is 0 Å². The van der Waals surface area contributed by atoms with Gasteiger partial charge in [-0.05, 0) is 49.7 Å². The van der Waals surface area contributed by atoms with E-state index >= 15 is 0 Å². The maximum absolute atomic E-state index is 12.7. The van der Waals surface area contributed by atoms with Crippen molar-refractivity contribution in [2.45, 2.75) is 34.8 Å². The van der Waals surface area contributed by atoms with Crippen molar-refractivity contribution < 1.29 is 18.0 Å². The van der Waals surface area contributed by atoms with Crippen molar-refractivity contribution in [3.63, 3.8) is 0 Å². The normalized spacial score (nSPS) is 18.2. The molecule has 10 heteroatoms. The van der Waals surface area contributed by atoms with E-state index in [0.717, 1.165) is 11.3 Å². The number of thioether (sulfide) groups is 1. The SMILES string of the molecule is C[C@@H]1Sc2ccc(C(=O)Nc3cccc(S(=O)(=O)NC4=NCCC4)c3)cc2NC1=O. The van der Waals surface area contributed by atoms with Crippen molar-refractivity contribution in [2.24, 2.45) is 4.99 Å². The Hall–Kier alpha value is -2.85. The standard InChI is InChI=1S/C20H20N4O4S2/c1-12-19(25)23-16-10-13(7-8-17(16)29-12)20(26)22-14-4-2-5-15(11-14)30(27,28)24-18-6-3-9-21-18/h2,4-5,7-8,10-12H,3,6,9H2,1H3,(H,21,24)(H,22,26)(H,23,25)/t12-/m0/s1. The average Bonchev–Trinajstić information content (AvgIpc) is 3.21. The lowest BCUT2D eigenvalue weighted by Gasteiger charge is -2.21. The average molecular weight is 445 g/mol. The predicted molar refractivity (Wildman–Crippen MR) is 117 cm³/mol. The molecule has 2 aromatic carbocycles. The molecule has 0 spiro atoms. The van der Waals surface area contributed by atoms with E-state index in [9.17, 15) is 18.0 Å². The highest BCUT2D eigenvalue weighted by Crippen LogP contribution is 2.36. The third-order valence-corrected chi connectivity index (χ3v) is 7.26. The van der Waals surface area contributed by atoms with E-state index in [0.29, 0.717) is 35.7 Å². The molecular weight excluding hydrogens is 424 g/mol. The quantitative estimate of drug-likeness (QED) is 0.670. The second-order valence-electron chi connectivity index (χ2n) is 6.98. The molecule has 2 aromatic rings. The Balaban J connectivity index is 1.51. The van der Waals surface area contributed by atoms with Crippen LogP contribution < -0.4 is 15.4 Å². The lowest BCUT2D eigenvalue weighted by atomic mass is 10.1. The Morgan fingerprint density at radius 2 is 2.07 bits per heavy atom. The van der Waals surface area contributed by atoms with Crippen molar-refractivity contribution >= 4 is 50.8 Å². The first-order valence-electron chi connectivity index (χ1n) is 9.41. The fourth-order valence-electron chi connectivity index (χ4n) is 3.13. The number of sulfonamides is 1. The Bertz CT molecular complexity index is 1160. The molecule has 30 heavy (non-hydrogen) atoms. The van der Waals surface area contributed by atoms with Crippen molar-refractivity contribution in [1.82, 2.24) is 4.72 Å². The third kappa shape index (κ3) is 4.34. The minimum absolute atomic E-state index is 0.0398. The summed E-state index contributed by atoms with van der Waals surface area (Å²) >= 11 is 1.43. The number of amidine groups is 1. The predicted octanol–water partition coefficient (Wildman–Crippen LogP) is 2.84. The molecule has 0 bridgehead atoms. The number of amides is 2. The minimum Gasteiger partial charge on any atom is -0.324 e. The van der Waals surface area contributed by atoms with Gasteiger partial charge in [0.1, 0.15) is 5.84 Å². The first-order chi connectivity index (χ1) is 14.3. The van der Waals surface area contributed by atoms with Crippen LogP contribution in [0.15, 0.2) is 57.2 Å². The molecule has 0 aromatic heterocycles. The van der Waals surface area contributed by atoms with E-state index < -0.39 is 15.9 Å². The van der Waals surface area contributed by atoms with Gasteiger partial charge in [0, 0.05) is 29.1 Å². The van der Waals surface area contributed by atoms with Crippen molar-refractivity contribution in [3.8, 4) is 0 Å². The summed E-state index contributed by atoms with van der Waals surface area (Å²) in [6.45, 7) is 2.44. The van der Waals surface area contributed by atoms with Gasteiger partial charge in [0.25, 0.3) is 15.9 Å². The van der Waals surface area contributed by atoms with Gasteiger partial charge in [-0.2, -0.15) is 0 Å². The number of carbonyl (C=O) groups is 2. The molecule has 8 nitrogen and oxygen atoms in total. The minimum atomic E-state index is -3.77. The van der Waals surface area contributed by atoms with Crippen molar-refractivity contribution in [2.75, 3.05) is 17.2 Å². The van der Waals surface area contributed by atoms with Gasteiger partial charge < -0.3 is 10.6 Å². The van der Waals surface area contributed by atoms with Crippen LogP contribution in [0.1, 0.15) is 30.1 Å². The molecule has 0 saturated carbocycles. The second-order valence-corrected chi connectivity index (χ2v) is 10.0. The number of fused-ring (bicyclic) bond motifs is 1. The third-order valence-electron chi connectivity index (χ3n) is 4.70. The van der Waals surface area contributed by atoms with Gasteiger partial charge in [-0.3, -0.25) is 19.3 Å². The summed E-state index contributed by atoms with van der Waals surface area (Å²) in [5.74, 6) is -0.0617. The van der Waals surface area contributed by atoms with E-state index in [2.05, 4.69) is 20.3 Å². The van der Waals surface area contributed by atoms with Gasteiger partial charge in [0.2, 0.25) is 5.91 Å². The molecule has 0 saturated heterocycles. The van der Waals surface area contributed by atoms with E-state index in [1.165, 1.54) is 23.9 Å². The van der Waals surface area contributed by atoms with E-state index in [1.807, 2.05) is 6.92 Å². The summed E-state index contributed by atoms with van der Waals surface area (Å²) in [5, 5.41) is 5.31. The molecule has 3 N–H and O–H groups in total. The Kier molecular flexibility index (Phi) is 5.52. The number of carbonyl (C=O) groups excluding carboxylic acids is 2. The number of rotatable bonds is 4. The molecule has 0 radical (unpaired) electrons. The van der Waals surface area contributed by atoms with Gasteiger partial charge in [-0.25, -0.2) is 8.42 Å². The molecule has 0 unspecified atom stereocenters. The molecule has 4 rings (SSSR count). The summed E-state index contributed by atoms with van der Waals surface area (Å²) in [4.78, 5) is 29.6. The highest BCUT2D eigenvalue weighted by atomic mass is 32.2. The van der Waals surface area contributed by atoms with Crippen LogP contribution in [-0.4, -0.2) is 37.9 Å². The van der Waals surface area contributed by atoms with Crippen LogP contribution in [0.2, 0.25) is 0 Å². The van der Waals surface area contributed by atoms with Crippen LogP contribution in [-0.2, 0) is 14.8 Å². The summed E-state index contributed by atoms with van der Waals surface area (Å²) in [6, 6.07) is 11.1. The van der Waals surface area contributed by atoms with Crippen LogP contribution >= 0.6 is 11.8 Å². The first-order valence-corrected chi connectivity index (χ1v) is 11.8. The van der Waals surface area contributed by atoms with Crippen LogP contribution in [0.5, 0.6) is 0 Å². The van der Waals surface area contributed by atoms with Gasteiger partial charge in [-0.15, -0.1) is 11.8 Å². The Morgan fingerprint density at radius 3 is 2.83 bits per heavy atom. The monoisotopic (exact) mass is 444 g/mol. The molecular formula is C20H20N4O4S2. The van der Waals surface area contributed by atoms with E-state index in [4.69, 9.17) is 0 Å². The number of anilines is 2. The number of hydrogen-bond acceptors (Lipinski definition) is 6. The fraction of sp³-hybridized carbons (Fsp3) is 0.250. The summed E-state index contributed by atoms with van der Waals surface area (Å²) in [7, 11) is -3.77. The largest absolute Gasteiger partial charge is 0.324 e. The van der Waals surface area contributed by atoms with Crippen molar-refractivity contribution in [1.29, 1.82) is 0 Å². The number of nitrogens with one attached hydrogen (secondary N) is 3. The van der Waals surface area contributed by atoms with Gasteiger partial charge in [0.15, 0.2) is 0 Å². The van der Waals surface area contributed by atoms with Crippen LogP contribution in [0.4, 0.5) is 11.4 Å². The Labute approximate surface area is 178 Å². The molecule has 2 heterocycles. The Morgan fingerprint density at radius 1 is 1.23 bits per heavy atom. The first kappa shape index (κ1) is 20.4. The van der Waals surface area contributed by atoms with Crippen LogP contribution in [0, 0.1) is 0 Å². The lowest BCUT2D eigenvalue weighted by Crippen LogP contribution is -2.29. The molecule has 2 aliphatic rings. The topological polar surface area (TPSA) is 117 Å². The van der Waals surface area contributed by atoms with E-state index in [-0.39, 0.29) is 16.1 Å². The van der Waals surface area contributed by atoms with Gasteiger partial charge >= 0.3 is 0 Å². The molecule has 156 valence electrons. The van der Waals surface area contributed by atoms with E-state index in [1.54, 1.807) is 30.3 Å². The summed E-state index contributed by atoms with van der Waals surface area (Å²) in [5.41, 5.74) is 1.30. The van der Waals surface area contributed by atoms with Crippen LogP contribution in [0.3, 0.4) is 0 Å². The lowest BCUT2D eigenvalue weighted by molar-refractivity contribution is -0.115. The van der Waals surface area contributed by atoms with Crippen molar-refractivity contribution in [3.05, 3.63) is 48.0 Å². The number of benzene rings is 2. The zero-order valence-electron chi connectivity index (χ0n) is 16.1. The maximum atomic E-state index is 12.7. The highest BCUT2D eigenvalue weighted by molar-refractivity contribution is 8.01. The maximum Gasteiger partial charge on any atom is 0.262 e. The zero-order valence-corrected chi connectivity index (χ0v) is 17.8. The molecule has 0 aliphatic carbocycles. The number of aliphatic imine (C=N–C) groups is 1. The molecule has 2 amide bonds. The summed E-state index contributed by atoms with van der Waals surface area (Å²) < 4.78 is 27.6. The van der Waals surface area contributed by atoms with Gasteiger partial charge in [0.05, 0.1) is 15.8 Å². The summed E-state index contributed by atoms with van der Waals surface area (Å²) in [6.07, 6.45) is 1.42. The zero-order chi connectivity index (χ0) is 21.3. The molecule has 1 atom stereocenters. The molecule has 2 aliphatic heterocycles. The molecule has 0 fully saturated rings. The second kappa shape index (κ2) is 8.11. The smallest absolute Gasteiger partial charge is 0.262 e. The van der Waals surface area contributed by atoms with Gasteiger partial charge in [-0.1, -0.05) is 6.07 Å². The number of hydrogen-bond donors (Lipinski definition) is 3. The highest BCUT2D eigenvalue weighted by Gasteiger charge is 2.24. The number of nitrogens with zero attached hydrogens (tertiary/aromatic N) is 1. The fourth-order valence-corrected chi connectivity index (χ4v) is 5.20.